The van der Waals surface area contributed by atoms with E-state index < -0.39 is 0 Å². The molecule has 0 heteroatoms. The first-order chi connectivity index (χ1) is 13.2. The molecule has 0 radical (unpaired) electrons. The Bertz CT molecular complexity index is 849. The van der Waals surface area contributed by atoms with Crippen molar-refractivity contribution in [3.05, 3.63) is 58.1 Å². The lowest BCUT2D eigenvalue weighted by atomic mass is 9.67. The highest BCUT2D eigenvalue weighted by atomic mass is 14.4. The van der Waals surface area contributed by atoms with Gasteiger partial charge in [0.25, 0.3) is 0 Å². The molecule has 2 aromatic rings. The number of hydrogen-bond donors (Lipinski definition) is 0. The van der Waals surface area contributed by atoms with Crippen LogP contribution in [0.5, 0.6) is 0 Å². The fourth-order valence-electron chi connectivity index (χ4n) is 4.69. The van der Waals surface area contributed by atoms with E-state index in [2.05, 4.69) is 113 Å². The summed E-state index contributed by atoms with van der Waals surface area (Å²) >= 11 is 0. The van der Waals surface area contributed by atoms with Crippen molar-refractivity contribution in [3.8, 4) is 11.1 Å². The van der Waals surface area contributed by atoms with Gasteiger partial charge in [-0.1, -0.05) is 113 Å². The van der Waals surface area contributed by atoms with Crippen molar-refractivity contribution in [2.24, 2.45) is 0 Å². The molecular formula is C29H44. The summed E-state index contributed by atoms with van der Waals surface area (Å²) in [6, 6.07) is 11.6. The van der Waals surface area contributed by atoms with Crippen LogP contribution in [0.3, 0.4) is 0 Å². The van der Waals surface area contributed by atoms with E-state index in [9.17, 15) is 0 Å². The van der Waals surface area contributed by atoms with Crippen LogP contribution in [0.4, 0.5) is 0 Å². The number of rotatable bonds is 4. The zero-order chi connectivity index (χ0) is 22.3. The van der Waals surface area contributed by atoms with Gasteiger partial charge in [0.15, 0.2) is 0 Å². The van der Waals surface area contributed by atoms with E-state index in [1.165, 1.54) is 27.8 Å². The highest BCUT2D eigenvalue weighted by Crippen LogP contribution is 2.48. The molecule has 0 saturated carbocycles. The first kappa shape index (κ1) is 23.7. The average Bonchev–Trinajstić information content (AvgIpc) is 2.57. The lowest BCUT2D eigenvalue weighted by molar-refractivity contribution is 0.545. The molecule has 0 aromatic heterocycles. The molecule has 2 rings (SSSR count). The van der Waals surface area contributed by atoms with Gasteiger partial charge in [0.2, 0.25) is 0 Å². The van der Waals surface area contributed by atoms with Crippen molar-refractivity contribution in [3.63, 3.8) is 0 Å². The summed E-state index contributed by atoms with van der Waals surface area (Å²) in [5, 5.41) is 0. The molecule has 0 N–H and O–H groups in total. The van der Waals surface area contributed by atoms with E-state index in [4.69, 9.17) is 0 Å². The molecular weight excluding hydrogens is 348 g/mol. The van der Waals surface area contributed by atoms with Crippen molar-refractivity contribution < 1.29 is 0 Å². The van der Waals surface area contributed by atoms with Gasteiger partial charge in [-0.2, -0.15) is 0 Å². The van der Waals surface area contributed by atoms with Gasteiger partial charge in [-0.05, 0) is 67.5 Å². The minimum atomic E-state index is 0.0733. The molecule has 0 unspecified atom stereocenters. The van der Waals surface area contributed by atoms with Gasteiger partial charge in [0.05, 0.1) is 0 Å². The van der Waals surface area contributed by atoms with Crippen molar-refractivity contribution in [1.82, 2.24) is 0 Å². The normalized spacial score (nSPS) is 13.1. The van der Waals surface area contributed by atoms with Crippen LogP contribution in [-0.2, 0) is 10.8 Å². The molecule has 0 atom stereocenters. The van der Waals surface area contributed by atoms with Gasteiger partial charge < -0.3 is 0 Å². The summed E-state index contributed by atoms with van der Waals surface area (Å²) in [7, 11) is 0. The highest BCUT2D eigenvalue weighted by Gasteiger charge is 2.33. The lowest BCUT2D eigenvalue weighted by Crippen LogP contribution is -2.24. The SMILES string of the molecule is CC(C)c1ccccc1-c1c(C(C)C)cc(C(C)(C)C)c(C(C)C)c1C(C)(C)C. The molecule has 0 amide bonds. The third-order valence-corrected chi connectivity index (χ3v) is 6.01. The van der Waals surface area contributed by atoms with Crippen molar-refractivity contribution in [2.45, 2.75) is 112 Å². The van der Waals surface area contributed by atoms with Crippen molar-refractivity contribution >= 4 is 0 Å². The molecule has 160 valence electrons. The summed E-state index contributed by atoms with van der Waals surface area (Å²) in [6.45, 7) is 28.4. The zero-order valence-electron chi connectivity index (χ0n) is 21.1. The van der Waals surface area contributed by atoms with Crippen LogP contribution in [-0.4, -0.2) is 0 Å². The van der Waals surface area contributed by atoms with E-state index in [1.807, 2.05) is 0 Å². The summed E-state index contributed by atoms with van der Waals surface area (Å²) in [5.74, 6) is 1.47. The number of hydrogen-bond acceptors (Lipinski definition) is 0. The summed E-state index contributed by atoms with van der Waals surface area (Å²) in [5.41, 5.74) is 10.7. The summed E-state index contributed by atoms with van der Waals surface area (Å²) in [6.07, 6.45) is 0. The monoisotopic (exact) mass is 392 g/mol. The predicted molar refractivity (Wildman–Crippen MR) is 132 cm³/mol. The van der Waals surface area contributed by atoms with Gasteiger partial charge in [0.1, 0.15) is 0 Å². The van der Waals surface area contributed by atoms with Gasteiger partial charge in [0, 0.05) is 0 Å². The maximum Gasteiger partial charge on any atom is -0.0106 e. The van der Waals surface area contributed by atoms with E-state index in [-0.39, 0.29) is 10.8 Å². The Labute approximate surface area is 181 Å². The van der Waals surface area contributed by atoms with E-state index in [0.717, 1.165) is 0 Å². The van der Waals surface area contributed by atoms with Crippen LogP contribution in [0.2, 0.25) is 0 Å². The Morgan fingerprint density at radius 2 is 1.14 bits per heavy atom. The first-order valence-corrected chi connectivity index (χ1v) is 11.5. The fourth-order valence-corrected chi connectivity index (χ4v) is 4.69. The summed E-state index contributed by atoms with van der Waals surface area (Å²) < 4.78 is 0. The molecule has 2 aromatic carbocycles. The largest absolute Gasteiger partial charge is 0.0619 e. The van der Waals surface area contributed by atoms with E-state index in [0.29, 0.717) is 17.8 Å². The molecule has 0 spiro atoms. The van der Waals surface area contributed by atoms with Gasteiger partial charge >= 0.3 is 0 Å². The summed E-state index contributed by atoms with van der Waals surface area (Å²) in [4.78, 5) is 0. The van der Waals surface area contributed by atoms with Crippen LogP contribution in [0.15, 0.2) is 30.3 Å². The van der Waals surface area contributed by atoms with Crippen molar-refractivity contribution in [2.75, 3.05) is 0 Å². The Morgan fingerprint density at radius 3 is 1.55 bits per heavy atom. The molecule has 0 heterocycles. The van der Waals surface area contributed by atoms with E-state index in [1.54, 1.807) is 11.1 Å². The maximum atomic E-state index is 2.54. The molecule has 0 bridgehead atoms. The van der Waals surface area contributed by atoms with Crippen LogP contribution >= 0.6 is 0 Å². The molecule has 0 aliphatic carbocycles. The Balaban J connectivity index is 3.18. The maximum absolute atomic E-state index is 2.54. The topological polar surface area (TPSA) is 0 Å². The minimum absolute atomic E-state index is 0.0733. The quantitative estimate of drug-likeness (QED) is 0.486. The Morgan fingerprint density at radius 1 is 0.621 bits per heavy atom. The Kier molecular flexibility index (Phi) is 6.78. The smallest absolute Gasteiger partial charge is 0.0106 e. The second-order valence-electron chi connectivity index (χ2n) is 11.7. The standard InChI is InChI=1S/C29H44/c1-18(2)21-15-13-14-16-22(21)26-23(19(3)4)17-24(28(7,8)9)25(20(5)6)27(26)29(10,11)12/h13-20H,1-12H3. The fraction of sp³-hybridized carbons (Fsp3) is 0.586. The van der Waals surface area contributed by atoms with Crippen LogP contribution in [0.25, 0.3) is 11.1 Å². The van der Waals surface area contributed by atoms with Crippen LogP contribution in [0, 0.1) is 0 Å². The highest BCUT2D eigenvalue weighted by molar-refractivity contribution is 5.79. The third-order valence-electron chi connectivity index (χ3n) is 6.01. The molecule has 29 heavy (non-hydrogen) atoms. The molecule has 0 aliphatic rings. The Hall–Kier alpha value is -1.56. The zero-order valence-corrected chi connectivity index (χ0v) is 21.1. The van der Waals surface area contributed by atoms with Crippen LogP contribution in [0.1, 0.15) is 129 Å². The second kappa shape index (κ2) is 8.29. The van der Waals surface area contributed by atoms with Crippen LogP contribution < -0.4 is 0 Å². The number of benzene rings is 2. The molecule has 0 fully saturated rings. The molecule has 0 saturated heterocycles. The second-order valence-corrected chi connectivity index (χ2v) is 11.7. The predicted octanol–water partition coefficient (Wildman–Crippen LogP) is 9.32. The van der Waals surface area contributed by atoms with E-state index >= 15 is 0 Å². The third kappa shape index (κ3) is 4.79. The molecule has 0 nitrogen and oxygen atoms in total. The first-order valence-electron chi connectivity index (χ1n) is 11.5. The minimum Gasteiger partial charge on any atom is -0.0619 e. The average molecular weight is 393 g/mol. The van der Waals surface area contributed by atoms with Gasteiger partial charge in [-0.3, -0.25) is 0 Å². The van der Waals surface area contributed by atoms with Gasteiger partial charge in [-0.25, -0.2) is 0 Å². The van der Waals surface area contributed by atoms with Gasteiger partial charge in [-0.15, -0.1) is 0 Å². The van der Waals surface area contributed by atoms with Crippen molar-refractivity contribution in [1.29, 1.82) is 0 Å². The lowest BCUT2D eigenvalue weighted by Gasteiger charge is -2.37. The molecule has 0 aliphatic heterocycles.